The lowest BCUT2D eigenvalue weighted by atomic mass is 9.70. The molecule has 5 rings (SSSR count). The normalized spacial score (nSPS) is 27.1. The highest BCUT2D eigenvalue weighted by Gasteiger charge is 2.49. The molecule has 1 aromatic carbocycles. The largest absolute Gasteiger partial charge is 0.300 e. The molecular weight excluding hydrogens is 537 g/mol. The molecule has 1 aliphatic carbocycles. The van der Waals surface area contributed by atoms with Crippen LogP contribution in [0, 0.1) is 5.92 Å². The summed E-state index contributed by atoms with van der Waals surface area (Å²) in [4.78, 5) is 32.9. The van der Waals surface area contributed by atoms with Crippen LogP contribution in [0.2, 0.25) is 10.0 Å². The molecule has 9 nitrogen and oxygen atoms in total. The summed E-state index contributed by atoms with van der Waals surface area (Å²) in [5.41, 5.74) is 0.0183. The van der Waals surface area contributed by atoms with Gasteiger partial charge in [0.25, 0.3) is 10.2 Å². The molecule has 0 bridgehead atoms. The first kappa shape index (κ1) is 27.3. The third kappa shape index (κ3) is 5.85. The van der Waals surface area contributed by atoms with E-state index < -0.39 is 15.6 Å². The van der Waals surface area contributed by atoms with Gasteiger partial charge in [0.1, 0.15) is 0 Å². The van der Waals surface area contributed by atoms with Crippen molar-refractivity contribution in [1.82, 2.24) is 19.0 Å². The molecular formula is C25H35Cl2N5O4S. The van der Waals surface area contributed by atoms with Crippen molar-refractivity contribution in [3.05, 3.63) is 33.8 Å². The fraction of sp³-hybridized carbons (Fsp3) is 0.680. The van der Waals surface area contributed by atoms with Crippen molar-refractivity contribution in [3.8, 4) is 0 Å². The maximum Gasteiger partial charge on any atom is 0.276 e. The van der Waals surface area contributed by atoms with E-state index in [-0.39, 0.29) is 11.8 Å². The number of rotatable bonds is 9. The fourth-order valence-corrected chi connectivity index (χ4v) is 6.91. The van der Waals surface area contributed by atoms with Gasteiger partial charge in [0.15, 0.2) is 0 Å². The van der Waals surface area contributed by atoms with E-state index in [4.69, 9.17) is 28.3 Å². The van der Waals surface area contributed by atoms with Gasteiger partial charge < -0.3 is 4.90 Å². The molecule has 1 aromatic rings. The lowest BCUT2D eigenvalue weighted by Gasteiger charge is -2.49. The van der Waals surface area contributed by atoms with E-state index in [0.29, 0.717) is 74.0 Å². The Morgan fingerprint density at radius 3 is 2.32 bits per heavy atom. The molecule has 0 aromatic heterocycles. The molecule has 37 heavy (non-hydrogen) atoms. The Morgan fingerprint density at radius 2 is 1.70 bits per heavy atom. The summed E-state index contributed by atoms with van der Waals surface area (Å²) in [7, 11) is -3.64. The van der Waals surface area contributed by atoms with Crippen LogP contribution >= 0.6 is 23.2 Å². The monoisotopic (exact) mass is 571 g/mol. The lowest BCUT2D eigenvalue weighted by molar-refractivity contribution is -0.154. The SMILES string of the molecule is NS(=O)(=O)N1CCN(C2CN(CCC3(c4ccc(Cl)c(Cl)c4)CCC(=O)N(CCC4CC4)C3=O)C2)CC1. The van der Waals surface area contributed by atoms with E-state index in [1.807, 2.05) is 6.07 Å². The second kappa shape index (κ2) is 10.7. The minimum Gasteiger partial charge on any atom is -0.300 e. The Labute approximate surface area is 229 Å². The van der Waals surface area contributed by atoms with Crippen LogP contribution < -0.4 is 5.14 Å². The molecule has 1 saturated carbocycles. The van der Waals surface area contributed by atoms with E-state index >= 15 is 0 Å². The zero-order chi connectivity index (χ0) is 26.4. The van der Waals surface area contributed by atoms with E-state index in [9.17, 15) is 18.0 Å². The van der Waals surface area contributed by atoms with Crippen molar-refractivity contribution < 1.29 is 18.0 Å². The number of hydrogen-bond acceptors (Lipinski definition) is 6. The summed E-state index contributed by atoms with van der Waals surface area (Å²) in [6.45, 7) is 5.10. The molecule has 4 aliphatic rings. The number of nitrogens with two attached hydrogens (primary N) is 1. The number of piperazine rings is 1. The zero-order valence-electron chi connectivity index (χ0n) is 20.9. The van der Waals surface area contributed by atoms with Gasteiger partial charge in [-0.25, -0.2) is 5.14 Å². The van der Waals surface area contributed by atoms with Crippen molar-refractivity contribution in [2.45, 2.75) is 50.0 Å². The van der Waals surface area contributed by atoms with Gasteiger partial charge in [-0.05, 0) is 49.4 Å². The van der Waals surface area contributed by atoms with Crippen LogP contribution in [0.3, 0.4) is 0 Å². The Morgan fingerprint density at radius 1 is 1.00 bits per heavy atom. The molecule has 3 saturated heterocycles. The molecule has 1 unspecified atom stereocenters. The van der Waals surface area contributed by atoms with Crippen LogP contribution in [0.1, 0.15) is 44.1 Å². The van der Waals surface area contributed by atoms with Crippen LogP contribution in [0.25, 0.3) is 0 Å². The number of carbonyl (C=O) groups is 2. The Bertz CT molecular complexity index is 1150. The first-order valence-electron chi connectivity index (χ1n) is 13.1. The summed E-state index contributed by atoms with van der Waals surface area (Å²) in [6.07, 6.45) is 4.65. The lowest BCUT2D eigenvalue weighted by Crippen LogP contribution is -2.64. The molecule has 12 heteroatoms. The first-order chi connectivity index (χ1) is 17.6. The van der Waals surface area contributed by atoms with E-state index in [1.54, 1.807) is 12.1 Å². The van der Waals surface area contributed by atoms with Gasteiger partial charge in [-0.1, -0.05) is 42.1 Å². The van der Waals surface area contributed by atoms with Gasteiger partial charge in [0.05, 0.1) is 15.5 Å². The van der Waals surface area contributed by atoms with E-state index in [1.165, 1.54) is 22.0 Å². The van der Waals surface area contributed by atoms with Gasteiger partial charge in [-0.2, -0.15) is 12.7 Å². The van der Waals surface area contributed by atoms with Gasteiger partial charge in [0, 0.05) is 58.3 Å². The highest BCUT2D eigenvalue weighted by molar-refractivity contribution is 7.86. The number of carbonyl (C=O) groups excluding carboxylic acids is 2. The molecule has 204 valence electrons. The average Bonchev–Trinajstić information content (AvgIpc) is 3.65. The fourth-order valence-electron chi connectivity index (χ4n) is 5.94. The quantitative estimate of drug-likeness (QED) is 0.455. The second-order valence-electron chi connectivity index (χ2n) is 10.9. The van der Waals surface area contributed by atoms with Crippen molar-refractivity contribution in [2.75, 3.05) is 52.4 Å². The number of benzene rings is 1. The molecule has 4 fully saturated rings. The van der Waals surface area contributed by atoms with Gasteiger partial charge in [-0.3, -0.25) is 19.4 Å². The first-order valence-corrected chi connectivity index (χ1v) is 15.4. The molecule has 2 amide bonds. The van der Waals surface area contributed by atoms with Crippen molar-refractivity contribution in [3.63, 3.8) is 0 Å². The average molecular weight is 573 g/mol. The number of nitrogens with zero attached hydrogens (tertiary/aromatic N) is 4. The number of hydrogen-bond donors (Lipinski definition) is 1. The summed E-state index contributed by atoms with van der Waals surface area (Å²) in [6, 6.07) is 5.77. The predicted octanol–water partition coefficient (Wildman–Crippen LogP) is 2.08. The van der Waals surface area contributed by atoms with E-state index in [0.717, 1.165) is 31.6 Å². The van der Waals surface area contributed by atoms with Crippen LogP contribution in [0.4, 0.5) is 0 Å². The predicted molar refractivity (Wildman–Crippen MR) is 143 cm³/mol. The zero-order valence-corrected chi connectivity index (χ0v) is 23.3. The van der Waals surface area contributed by atoms with Gasteiger partial charge >= 0.3 is 0 Å². The number of piperidine rings is 1. The van der Waals surface area contributed by atoms with Gasteiger partial charge in [-0.15, -0.1) is 0 Å². The highest BCUT2D eigenvalue weighted by atomic mass is 35.5. The minimum absolute atomic E-state index is 0.0796. The Kier molecular flexibility index (Phi) is 7.91. The molecule has 0 radical (unpaired) electrons. The van der Waals surface area contributed by atoms with Crippen LogP contribution in [-0.4, -0.2) is 97.6 Å². The van der Waals surface area contributed by atoms with Crippen LogP contribution in [-0.2, 0) is 25.2 Å². The summed E-state index contributed by atoms with van der Waals surface area (Å²) in [5, 5.41) is 6.11. The summed E-state index contributed by atoms with van der Waals surface area (Å²) >= 11 is 12.6. The Hall–Kier alpha value is -1.27. The Balaban J connectivity index is 1.25. The van der Waals surface area contributed by atoms with Crippen molar-refractivity contribution in [1.29, 1.82) is 0 Å². The van der Waals surface area contributed by atoms with Crippen LogP contribution in [0.15, 0.2) is 18.2 Å². The third-order valence-electron chi connectivity index (χ3n) is 8.59. The second-order valence-corrected chi connectivity index (χ2v) is 13.3. The van der Waals surface area contributed by atoms with Crippen molar-refractivity contribution >= 4 is 45.2 Å². The minimum atomic E-state index is -3.64. The number of imide groups is 1. The topological polar surface area (TPSA) is 107 Å². The molecule has 3 heterocycles. The maximum absolute atomic E-state index is 14.0. The van der Waals surface area contributed by atoms with Gasteiger partial charge in [0.2, 0.25) is 11.8 Å². The number of likely N-dealkylation sites (tertiary alicyclic amines) is 2. The number of halogens is 2. The molecule has 0 spiro atoms. The number of amides is 2. The van der Waals surface area contributed by atoms with Crippen LogP contribution in [0.5, 0.6) is 0 Å². The van der Waals surface area contributed by atoms with Crippen molar-refractivity contribution in [2.24, 2.45) is 11.1 Å². The summed E-state index contributed by atoms with van der Waals surface area (Å²) in [5.74, 6) is 0.440. The molecule has 2 N–H and O–H groups in total. The summed E-state index contributed by atoms with van der Waals surface area (Å²) < 4.78 is 24.5. The highest BCUT2D eigenvalue weighted by Crippen LogP contribution is 2.42. The smallest absolute Gasteiger partial charge is 0.276 e. The third-order valence-corrected chi connectivity index (χ3v) is 10.4. The molecule has 1 atom stereocenters. The molecule has 3 aliphatic heterocycles. The van der Waals surface area contributed by atoms with E-state index in [2.05, 4.69) is 9.80 Å². The standard InChI is InChI=1S/C25H35Cl2N5O4S/c26-21-4-3-19(15-22(21)27)25(7-5-23(33)32(24(25)34)9-6-18-1-2-18)8-10-29-16-20(17-29)30-11-13-31(14-12-30)37(28,35)36/h3-4,15,18,20H,1-2,5-14,16-17H2,(H2,28,35,36). The maximum atomic E-state index is 14.0.